The van der Waals surface area contributed by atoms with Gasteiger partial charge in [0, 0.05) is 131 Å². The van der Waals surface area contributed by atoms with Gasteiger partial charge in [0.25, 0.3) is 0 Å². The van der Waals surface area contributed by atoms with E-state index in [9.17, 15) is 19.2 Å². The molecule has 14 nitrogen and oxygen atoms in total. The number of allylic oxidation sites excluding steroid dienone is 8. The summed E-state index contributed by atoms with van der Waals surface area (Å²) in [6.45, 7) is 32.8. The van der Waals surface area contributed by atoms with Crippen LogP contribution < -0.4 is 0 Å². The average Bonchev–Trinajstić information content (AvgIpc) is 1.58. The van der Waals surface area contributed by atoms with E-state index in [2.05, 4.69) is 280 Å². The summed E-state index contributed by atoms with van der Waals surface area (Å²) in [6.07, 6.45) is 6.45. The van der Waals surface area contributed by atoms with Crippen LogP contribution in [-0.4, -0.2) is 73.5 Å². The van der Waals surface area contributed by atoms with Gasteiger partial charge in [-0.25, -0.2) is 0 Å². The van der Waals surface area contributed by atoms with Gasteiger partial charge in [0.2, 0.25) is 0 Å². The fourth-order valence-electron chi connectivity index (χ4n) is 15.0. The maximum atomic E-state index is 10.0. The van der Waals surface area contributed by atoms with Crippen molar-refractivity contribution in [1.82, 2.24) is 29.9 Å². The topological polar surface area (TPSA) is 227 Å². The van der Waals surface area contributed by atoms with Crippen LogP contribution in [0, 0.1) is 91.8 Å². The number of hydrogen-bond donors (Lipinski definition) is 4. The largest absolute Gasteiger partial charge is 0.512 e. The first-order valence-corrected chi connectivity index (χ1v) is 44.9. The summed E-state index contributed by atoms with van der Waals surface area (Å²) in [7, 11) is 0. The molecular weight excluding hydrogens is 2650 g/mol. The van der Waals surface area contributed by atoms with Crippen LogP contribution in [0.4, 0.5) is 0 Å². The van der Waals surface area contributed by atoms with Crippen LogP contribution in [0.1, 0.15) is 125 Å². The van der Waals surface area contributed by atoms with E-state index in [1.165, 1.54) is 162 Å². The van der Waals surface area contributed by atoms with Crippen LogP contribution in [0.3, 0.4) is 0 Å². The standard InChI is InChI=1S/C24H18N.4C17H14N.C11H8N.4C5H8O2.5Ir/c1-24(2)20-9-5-4-8-18(20)19-13-11-17(15-21(19)24)23-14-12-16-7-3-6-10-22(16)25-23;1-12-6-5-8-15(13(12)2)17-11-10-14-7-3-4-9-16(14)18-17;1-12-7-9-15(13(2)11-12)17-10-8-14-5-3-4-6-16(14)18-17;1-12-9-13(2)11-15(10-12)17-8-7-14-5-3-4-6-16(14)18-17;1-12-7-8-13(2)15(11-12)17-10-9-14-5-3-4-6-16(14)18-17;1-2-6-10(7-3-1)11-8-4-5-9-12-11;4*1-4(6)3-5(2)7;;;;;/h3-10,12-15H,1-2H3;3-7,9-11H,1-2H3;3-8,10-11H,1-2H3;2*3-10H,1-2H3;1-6,8-9H;4*3,6H,1-2H3;;;;;/q6*-1;;;;;;;;;. The second kappa shape index (κ2) is 59.0. The van der Waals surface area contributed by atoms with Crippen molar-refractivity contribution < 1.29 is 140 Å². The quantitative estimate of drug-likeness (QED) is 0.0568. The molecule has 18 aromatic rings. The number of fused-ring (bicyclic) bond motifs is 8. The average molecular weight is 2770 g/mol. The zero-order valence-corrected chi connectivity index (χ0v) is 94.6. The number of aliphatic hydroxyl groups excluding tert-OH is 4. The Morgan fingerprint density at radius 3 is 1.11 bits per heavy atom. The third-order valence-electron chi connectivity index (χ3n) is 21.4. The molecule has 0 bridgehead atoms. The van der Waals surface area contributed by atoms with Crippen molar-refractivity contribution in [3.63, 3.8) is 0 Å². The Morgan fingerprint density at radius 1 is 0.289 bits per heavy atom. The maximum Gasteiger partial charge on any atom is 0.155 e. The van der Waals surface area contributed by atoms with Crippen molar-refractivity contribution in [3.05, 3.63) is 455 Å². The predicted octanol–water partition coefficient (Wildman–Crippen LogP) is 30.0. The van der Waals surface area contributed by atoms with Crippen LogP contribution in [0.2, 0.25) is 0 Å². The monoisotopic (exact) mass is 2770 g/mol. The number of aliphatic hydroxyl groups is 4. The summed E-state index contributed by atoms with van der Waals surface area (Å²) in [5.41, 5.74) is 32.6. The molecular formula is C123H114Ir5N6O8-6. The van der Waals surface area contributed by atoms with Gasteiger partial charge in [0.1, 0.15) is 0 Å². The molecule has 0 saturated carbocycles. The van der Waals surface area contributed by atoms with E-state index < -0.39 is 0 Å². The molecule has 0 fully saturated rings. The van der Waals surface area contributed by atoms with E-state index in [0.717, 1.165) is 106 Å². The minimum absolute atomic E-state index is 0. The SMILES string of the molecule is CC(=O)C=C(C)O.CC(=O)C=C(C)O.CC(=O)C=C(C)O.CC(=O)C=C(C)O.CC1(C)c2ccccc2-c2c[c-]c(-c3ccc4ccccc4n3)cc21.Cc1[c-]c(-c2ccc3ccccc3n2)c(C)cc1.Cc1[c-]c(-c2ccc3ccccc3n2)cc(C)c1.Cc1c[c-]c(-c2ccc3ccccc3n2)c(C)c1.Cc1cc[c-]c(-c2ccc3ccccc3n2)c1C.[Ir].[Ir].[Ir].[Ir].[Ir].[c-]1ccccc1-c1ccccn1. The second-order valence-electron chi connectivity index (χ2n) is 33.7. The van der Waals surface area contributed by atoms with Crippen molar-refractivity contribution in [2.24, 2.45) is 0 Å². The number of aryl methyl sites for hydroxylation is 7. The first-order valence-electron chi connectivity index (χ1n) is 44.9. The molecule has 1 aliphatic carbocycles. The predicted molar refractivity (Wildman–Crippen MR) is 562 cm³/mol. The summed E-state index contributed by atoms with van der Waals surface area (Å²) in [5, 5.41) is 39.3. The number of carbonyl (C=O) groups excluding carboxylic acids is 4. The van der Waals surface area contributed by atoms with E-state index in [4.69, 9.17) is 45.3 Å². The van der Waals surface area contributed by atoms with Crippen LogP contribution in [0.25, 0.3) is 133 Å². The summed E-state index contributed by atoms with van der Waals surface area (Å²) in [6, 6.07) is 125. The van der Waals surface area contributed by atoms with Crippen LogP contribution in [-0.2, 0) is 125 Å². The number of benzene rings is 12. The van der Waals surface area contributed by atoms with E-state index >= 15 is 0 Å². The number of pyridine rings is 6. The van der Waals surface area contributed by atoms with Crippen molar-refractivity contribution >= 4 is 77.6 Å². The van der Waals surface area contributed by atoms with Gasteiger partial charge in [0.05, 0.1) is 50.6 Å². The Balaban J connectivity index is 0.000000285. The summed E-state index contributed by atoms with van der Waals surface area (Å²) in [4.78, 5) is 68.0. The van der Waals surface area contributed by atoms with Gasteiger partial charge in [-0.05, 0) is 164 Å². The maximum absolute atomic E-state index is 10.0. The van der Waals surface area contributed by atoms with Crippen LogP contribution >= 0.6 is 0 Å². The minimum atomic E-state index is -0.125. The zero-order chi connectivity index (χ0) is 98.8. The summed E-state index contributed by atoms with van der Waals surface area (Å²) >= 11 is 0. The number of rotatable bonds is 10. The first kappa shape index (κ1) is 119. The Kier molecular flexibility index (Phi) is 49.6. The van der Waals surface area contributed by atoms with Gasteiger partial charge >= 0.3 is 0 Å². The van der Waals surface area contributed by atoms with E-state index in [1.54, 1.807) is 6.20 Å². The minimum Gasteiger partial charge on any atom is -0.512 e. The molecule has 4 N–H and O–H groups in total. The van der Waals surface area contributed by atoms with Gasteiger partial charge in [-0.3, -0.25) is 44.1 Å². The first-order chi connectivity index (χ1) is 65.6. The molecule has 19 rings (SSSR count). The van der Waals surface area contributed by atoms with Gasteiger partial charge < -0.3 is 25.4 Å². The Morgan fingerprint density at radius 2 is 0.697 bits per heavy atom. The number of nitrogens with zero attached hydrogens (tertiary/aromatic N) is 6. The molecule has 6 heterocycles. The number of ketones is 4. The molecule has 735 valence electrons. The number of carbonyl (C=O) groups is 4. The molecule has 5 radical (unpaired) electrons. The molecule has 0 saturated heterocycles. The number of para-hydroxylation sites is 5. The zero-order valence-electron chi connectivity index (χ0n) is 82.6. The van der Waals surface area contributed by atoms with Crippen molar-refractivity contribution in [3.8, 4) is 78.7 Å². The molecule has 1 aliphatic rings. The van der Waals surface area contributed by atoms with Crippen LogP contribution in [0.5, 0.6) is 0 Å². The third-order valence-corrected chi connectivity index (χ3v) is 21.4. The molecule has 0 atom stereocenters. The molecule has 6 aromatic heterocycles. The van der Waals surface area contributed by atoms with Crippen LogP contribution in [0.15, 0.2) is 363 Å². The van der Waals surface area contributed by atoms with Gasteiger partial charge in [-0.15, -0.1) is 205 Å². The van der Waals surface area contributed by atoms with E-state index in [0.29, 0.717) is 0 Å². The van der Waals surface area contributed by atoms with Crippen molar-refractivity contribution in [2.45, 2.75) is 130 Å². The molecule has 0 aliphatic heterocycles. The molecule has 0 spiro atoms. The van der Waals surface area contributed by atoms with Crippen molar-refractivity contribution in [2.75, 3.05) is 0 Å². The Hall–Kier alpha value is -13.1. The van der Waals surface area contributed by atoms with Gasteiger partial charge in [-0.1, -0.05) is 268 Å². The van der Waals surface area contributed by atoms with E-state index in [-0.39, 0.29) is 152 Å². The summed E-state index contributed by atoms with van der Waals surface area (Å²) < 4.78 is 0. The van der Waals surface area contributed by atoms with Gasteiger partial charge in [-0.2, -0.15) is 0 Å². The smallest absolute Gasteiger partial charge is 0.155 e. The normalized spacial score (nSPS) is 11.1. The van der Waals surface area contributed by atoms with Gasteiger partial charge in [0.15, 0.2) is 23.1 Å². The molecule has 12 aromatic carbocycles. The van der Waals surface area contributed by atoms with Crippen molar-refractivity contribution in [1.29, 1.82) is 0 Å². The molecule has 0 amide bonds. The fourth-order valence-corrected chi connectivity index (χ4v) is 15.0. The second-order valence-corrected chi connectivity index (χ2v) is 33.7. The fraction of sp³-hybridized carbons (Fsp3) is 0.154. The number of hydrogen-bond acceptors (Lipinski definition) is 14. The Labute approximate surface area is 903 Å². The molecule has 142 heavy (non-hydrogen) atoms. The van der Waals surface area contributed by atoms with E-state index in [1.807, 2.05) is 140 Å². The third kappa shape index (κ3) is 36.5. The Bertz CT molecular complexity index is 7170. The number of aromatic nitrogens is 6. The molecule has 19 heteroatoms. The molecule has 0 unspecified atom stereocenters. The summed E-state index contributed by atoms with van der Waals surface area (Å²) in [5.74, 6) is -0.250.